The molecule has 0 radical (unpaired) electrons. The van der Waals surface area contributed by atoms with Crippen molar-refractivity contribution >= 4 is 11.6 Å². The van der Waals surface area contributed by atoms with Crippen molar-refractivity contribution in [3.05, 3.63) is 46.9 Å². The van der Waals surface area contributed by atoms with Gasteiger partial charge in [0.05, 0.1) is 0 Å². The van der Waals surface area contributed by atoms with Gasteiger partial charge in [0, 0.05) is 17.0 Å². The molecule has 0 aliphatic rings. The molecule has 1 heterocycles. The summed E-state index contributed by atoms with van der Waals surface area (Å²) in [6, 6.07) is 10.1. The van der Waals surface area contributed by atoms with E-state index in [0.29, 0.717) is 0 Å². The smallest absolute Gasteiger partial charge is 0.111 e. The number of benzene rings is 1. The molecule has 2 rings (SSSR count). The van der Waals surface area contributed by atoms with E-state index in [1.54, 1.807) is 0 Å². The molecule has 0 atom stereocenters. The molecule has 0 aliphatic heterocycles. The van der Waals surface area contributed by atoms with E-state index in [1.807, 2.05) is 19.1 Å². The van der Waals surface area contributed by atoms with Crippen LogP contribution in [0.4, 0.5) is 0 Å². The van der Waals surface area contributed by atoms with Crippen molar-refractivity contribution in [3.63, 3.8) is 0 Å². The van der Waals surface area contributed by atoms with Gasteiger partial charge in [0.1, 0.15) is 11.5 Å². The topological polar surface area (TPSA) is 13.1 Å². The quantitative estimate of drug-likeness (QED) is 0.636. The van der Waals surface area contributed by atoms with Crippen LogP contribution in [0, 0.1) is 6.92 Å². The molecule has 0 saturated carbocycles. The molecule has 18 heavy (non-hydrogen) atoms. The number of hydrogen-bond acceptors (Lipinski definition) is 1. The first-order chi connectivity index (χ1) is 8.70. The third-order valence-corrected chi connectivity index (χ3v) is 3.35. The van der Waals surface area contributed by atoms with Crippen molar-refractivity contribution in [1.82, 2.24) is 0 Å². The Labute approximate surface area is 114 Å². The third kappa shape index (κ3) is 3.17. The summed E-state index contributed by atoms with van der Waals surface area (Å²) in [7, 11) is 0. The lowest BCUT2D eigenvalue weighted by atomic mass is 10.0. The molecule has 0 bridgehead atoms. The molecule has 0 N–H and O–H groups in total. The summed E-state index contributed by atoms with van der Waals surface area (Å²) in [6.07, 6.45) is 4.68. The number of rotatable bonds is 5. The van der Waals surface area contributed by atoms with E-state index in [9.17, 15) is 0 Å². The van der Waals surface area contributed by atoms with Crippen LogP contribution >= 0.6 is 11.6 Å². The Morgan fingerprint density at radius 3 is 2.50 bits per heavy atom. The number of unbranched alkanes of at least 4 members (excludes halogenated alkanes) is 2. The molecule has 1 aromatic heterocycles. The molecule has 2 heteroatoms. The summed E-state index contributed by atoms with van der Waals surface area (Å²) >= 11 is 5.92. The minimum atomic E-state index is 0.770. The predicted molar refractivity (Wildman–Crippen MR) is 77.1 cm³/mol. The zero-order valence-corrected chi connectivity index (χ0v) is 11.8. The van der Waals surface area contributed by atoms with E-state index < -0.39 is 0 Å². The summed E-state index contributed by atoms with van der Waals surface area (Å²) in [6.45, 7) is 4.22. The van der Waals surface area contributed by atoms with Crippen molar-refractivity contribution in [2.45, 2.75) is 39.5 Å². The van der Waals surface area contributed by atoms with Crippen LogP contribution < -0.4 is 0 Å². The molecule has 0 saturated heterocycles. The Bertz CT molecular complexity index is 496. The Hall–Kier alpha value is -1.21. The van der Waals surface area contributed by atoms with Gasteiger partial charge in [-0.2, -0.15) is 0 Å². The maximum Gasteiger partial charge on any atom is 0.111 e. The van der Waals surface area contributed by atoms with E-state index in [0.717, 1.165) is 23.0 Å². The molecule has 0 spiro atoms. The van der Waals surface area contributed by atoms with Crippen molar-refractivity contribution in [1.29, 1.82) is 0 Å². The van der Waals surface area contributed by atoms with Gasteiger partial charge in [-0.25, -0.2) is 0 Å². The highest BCUT2D eigenvalue weighted by molar-refractivity contribution is 6.30. The van der Waals surface area contributed by atoms with Gasteiger partial charge < -0.3 is 4.42 Å². The summed E-state index contributed by atoms with van der Waals surface area (Å²) in [5, 5.41) is 0.770. The van der Waals surface area contributed by atoms with Crippen molar-refractivity contribution in [2.75, 3.05) is 0 Å². The van der Waals surface area contributed by atoms with E-state index in [2.05, 4.69) is 25.1 Å². The molecular formula is C16H19ClO. The van der Waals surface area contributed by atoms with Crippen LogP contribution in [0.1, 0.15) is 37.7 Å². The zero-order chi connectivity index (χ0) is 13.0. The normalized spacial score (nSPS) is 10.8. The molecule has 2 aromatic rings. The summed E-state index contributed by atoms with van der Waals surface area (Å²) in [5.74, 6) is 2.08. The Morgan fingerprint density at radius 1 is 1.11 bits per heavy atom. The standard InChI is InChI=1S/C16H19ClO/c1-3-4-5-6-16-15(11-12(2)18-16)13-7-9-14(17)10-8-13/h7-11H,3-6H2,1-2H3. The second-order valence-electron chi connectivity index (χ2n) is 4.66. The SMILES string of the molecule is CCCCCc1oc(C)cc1-c1ccc(Cl)cc1. The summed E-state index contributed by atoms with van der Waals surface area (Å²) < 4.78 is 5.81. The van der Waals surface area contributed by atoms with Crippen molar-refractivity contribution in [2.24, 2.45) is 0 Å². The average molecular weight is 263 g/mol. The van der Waals surface area contributed by atoms with E-state index in [4.69, 9.17) is 16.0 Å². The largest absolute Gasteiger partial charge is 0.466 e. The van der Waals surface area contributed by atoms with Crippen LogP contribution in [0.3, 0.4) is 0 Å². The lowest BCUT2D eigenvalue weighted by Gasteiger charge is -2.03. The Balaban J connectivity index is 2.23. The minimum Gasteiger partial charge on any atom is -0.466 e. The van der Waals surface area contributed by atoms with Crippen LogP contribution in [0.2, 0.25) is 5.02 Å². The first-order valence-electron chi connectivity index (χ1n) is 6.56. The third-order valence-electron chi connectivity index (χ3n) is 3.09. The molecule has 0 fully saturated rings. The monoisotopic (exact) mass is 262 g/mol. The minimum absolute atomic E-state index is 0.770. The highest BCUT2D eigenvalue weighted by Gasteiger charge is 2.10. The van der Waals surface area contributed by atoms with Gasteiger partial charge in [-0.15, -0.1) is 0 Å². The van der Waals surface area contributed by atoms with Crippen LogP contribution in [0.5, 0.6) is 0 Å². The van der Waals surface area contributed by atoms with Gasteiger partial charge in [-0.05, 0) is 37.1 Å². The second kappa shape index (κ2) is 6.10. The van der Waals surface area contributed by atoms with Gasteiger partial charge in [0.2, 0.25) is 0 Å². The molecule has 96 valence electrons. The Kier molecular flexibility index (Phi) is 4.48. The van der Waals surface area contributed by atoms with Crippen LogP contribution in [-0.4, -0.2) is 0 Å². The molecular weight excluding hydrogens is 244 g/mol. The first-order valence-corrected chi connectivity index (χ1v) is 6.93. The fraction of sp³-hybridized carbons (Fsp3) is 0.375. The first kappa shape index (κ1) is 13.2. The lowest BCUT2D eigenvalue weighted by Crippen LogP contribution is -1.86. The summed E-state index contributed by atoms with van der Waals surface area (Å²) in [4.78, 5) is 0. The van der Waals surface area contributed by atoms with Crippen molar-refractivity contribution < 1.29 is 4.42 Å². The molecule has 0 aliphatic carbocycles. The van der Waals surface area contributed by atoms with Crippen molar-refractivity contribution in [3.8, 4) is 11.1 Å². The molecule has 0 amide bonds. The maximum absolute atomic E-state index is 5.92. The summed E-state index contributed by atoms with van der Waals surface area (Å²) in [5.41, 5.74) is 2.39. The van der Waals surface area contributed by atoms with Crippen LogP contribution in [-0.2, 0) is 6.42 Å². The zero-order valence-electron chi connectivity index (χ0n) is 11.0. The van der Waals surface area contributed by atoms with Gasteiger partial charge in [0.15, 0.2) is 0 Å². The highest BCUT2D eigenvalue weighted by atomic mass is 35.5. The number of furan rings is 1. The lowest BCUT2D eigenvalue weighted by molar-refractivity contribution is 0.474. The highest BCUT2D eigenvalue weighted by Crippen LogP contribution is 2.29. The van der Waals surface area contributed by atoms with Crippen LogP contribution in [0.25, 0.3) is 11.1 Å². The number of halogens is 1. The molecule has 1 nitrogen and oxygen atoms in total. The number of aryl methyl sites for hydroxylation is 2. The maximum atomic E-state index is 5.92. The van der Waals surface area contributed by atoms with E-state index in [1.165, 1.54) is 30.4 Å². The predicted octanol–water partition coefficient (Wildman–Crippen LogP) is 5.64. The molecule has 1 aromatic carbocycles. The molecule has 0 unspecified atom stereocenters. The van der Waals surface area contributed by atoms with Gasteiger partial charge in [-0.3, -0.25) is 0 Å². The average Bonchev–Trinajstić information content (AvgIpc) is 2.72. The van der Waals surface area contributed by atoms with E-state index >= 15 is 0 Å². The fourth-order valence-corrected chi connectivity index (χ4v) is 2.28. The number of hydrogen-bond donors (Lipinski definition) is 0. The van der Waals surface area contributed by atoms with Gasteiger partial charge >= 0.3 is 0 Å². The van der Waals surface area contributed by atoms with Gasteiger partial charge in [-0.1, -0.05) is 43.5 Å². The van der Waals surface area contributed by atoms with Crippen LogP contribution in [0.15, 0.2) is 34.7 Å². The van der Waals surface area contributed by atoms with Gasteiger partial charge in [0.25, 0.3) is 0 Å². The second-order valence-corrected chi connectivity index (χ2v) is 5.09. The Morgan fingerprint density at radius 2 is 1.83 bits per heavy atom. The van der Waals surface area contributed by atoms with E-state index in [-0.39, 0.29) is 0 Å². The fourth-order valence-electron chi connectivity index (χ4n) is 2.16.